The number of sulfone groups is 1. The molecule has 1 heterocycles. The van der Waals surface area contributed by atoms with Crippen LogP contribution in [-0.2, 0) is 14.6 Å². The van der Waals surface area contributed by atoms with Crippen LogP contribution in [-0.4, -0.2) is 32.5 Å². The maximum absolute atomic E-state index is 11.1. The fourth-order valence-electron chi connectivity index (χ4n) is 0.640. The zero-order valence-corrected chi connectivity index (χ0v) is 7.70. The Bertz CT molecular complexity index is 273. The molecule has 0 amide bonds. The van der Waals surface area contributed by atoms with Crippen molar-refractivity contribution in [3.63, 3.8) is 0 Å². The first-order valence-corrected chi connectivity index (χ1v) is 5.50. The van der Waals surface area contributed by atoms with E-state index in [1.54, 1.807) is 0 Å². The van der Waals surface area contributed by atoms with Gasteiger partial charge in [0.2, 0.25) is 9.84 Å². The van der Waals surface area contributed by atoms with Crippen LogP contribution < -0.4 is 4.72 Å². The van der Waals surface area contributed by atoms with Crippen LogP contribution in [0.15, 0.2) is 4.99 Å². The standard InChI is InChI=1S/C4H8N2O3S2/c1-9-4(11(2,7)8)5-3-10-6-4/h3,6H,1-2H3. The van der Waals surface area contributed by atoms with E-state index in [0.29, 0.717) is 0 Å². The third-order valence-corrected chi connectivity index (χ3v) is 3.36. The van der Waals surface area contributed by atoms with Gasteiger partial charge in [-0.3, -0.25) is 0 Å². The highest BCUT2D eigenvalue weighted by Gasteiger charge is 2.43. The minimum absolute atomic E-state index is 1.06. The molecule has 1 aliphatic rings. The van der Waals surface area contributed by atoms with Crippen LogP contribution in [0.3, 0.4) is 0 Å². The first-order chi connectivity index (χ1) is 5.02. The fraction of sp³-hybridized carbons (Fsp3) is 0.750. The monoisotopic (exact) mass is 196 g/mol. The van der Waals surface area contributed by atoms with E-state index in [1.807, 2.05) is 0 Å². The van der Waals surface area contributed by atoms with Crippen molar-refractivity contribution < 1.29 is 13.2 Å². The summed E-state index contributed by atoms with van der Waals surface area (Å²) in [4.78, 5) is 3.67. The van der Waals surface area contributed by atoms with Gasteiger partial charge in [-0.2, -0.15) is 4.72 Å². The number of hydrogen-bond acceptors (Lipinski definition) is 6. The summed E-state index contributed by atoms with van der Waals surface area (Å²) in [5.41, 5.74) is 1.39. The van der Waals surface area contributed by atoms with Crippen molar-refractivity contribution >= 4 is 27.3 Å². The molecule has 0 bridgehead atoms. The van der Waals surface area contributed by atoms with Gasteiger partial charge in [0.25, 0.3) is 0 Å². The first kappa shape index (κ1) is 8.98. The van der Waals surface area contributed by atoms with Gasteiger partial charge in [0, 0.05) is 13.4 Å². The normalized spacial score (nSPS) is 31.1. The van der Waals surface area contributed by atoms with Gasteiger partial charge >= 0.3 is 5.18 Å². The van der Waals surface area contributed by atoms with Gasteiger partial charge < -0.3 is 4.74 Å². The van der Waals surface area contributed by atoms with Crippen molar-refractivity contribution in [1.82, 2.24) is 4.72 Å². The number of aliphatic imine (C=N–C) groups is 1. The lowest BCUT2D eigenvalue weighted by molar-refractivity contribution is 0.0659. The molecular weight excluding hydrogens is 188 g/mol. The number of rotatable bonds is 2. The van der Waals surface area contributed by atoms with Gasteiger partial charge in [0.1, 0.15) is 0 Å². The highest BCUT2D eigenvalue weighted by atomic mass is 32.2. The SMILES string of the molecule is COC1(S(C)(=O)=O)N=CSN1. The summed E-state index contributed by atoms with van der Waals surface area (Å²) >= 11 is 1.09. The molecule has 1 N–H and O–H groups in total. The van der Waals surface area contributed by atoms with E-state index in [-0.39, 0.29) is 0 Å². The van der Waals surface area contributed by atoms with Crippen LogP contribution in [0.2, 0.25) is 0 Å². The molecule has 0 saturated heterocycles. The molecule has 1 aliphatic heterocycles. The van der Waals surface area contributed by atoms with Crippen molar-refractivity contribution in [1.29, 1.82) is 0 Å². The third kappa shape index (κ3) is 1.41. The smallest absolute Gasteiger partial charge is 0.331 e. The molecule has 1 unspecified atom stereocenters. The molecule has 1 rings (SSSR count). The van der Waals surface area contributed by atoms with E-state index in [0.717, 1.165) is 18.2 Å². The van der Waals surface area contributed by atoms with Gasteiger partial charge in [0.15, 0.2) is 0 Å². The van der Waals surface area contributed by atoms with E-state index in [4.69, 9.17) is 4.74 Å². The zero-order chi connectivity index (χ0) is 8.54. The molecule has 0 aromatic rings. The molecule has 7 heteroatoms. The molecule has 0 radical (unpaired) electrons. The number of ether oxygens (including phenoxy) is 1. The molecule has 0 fully saturated rings. The average Bonchev–Trinajstić information content (AvgIpc) is 2.33. The second-order valence-electron chi connectivity index (χ2n) is 2.01. The Labute approximate surface area is 69.3 Å². The molecule has 0 spiro atoms. The Morgan fingerprint density at radius 1 is 1.73 bits per heavy atom. The zero-order valence-electron chi connectivity index (χ0n) is 6.07. The lowest BCUT2D eigenvalue weighted by atomic mass is 11.0. The second kappa shape index (κ2) is 2.74. The van der Waals surface area contributed by atoms with Crippen molar-refractivity contribution in [2.24, 2.45) is 4.99 Å². The van der Waals surface area contributed by atoms with Crippen molar-refractivity contribution in [2.45, 2.75) is 5.18 Å². The summed E-state index contributed by atoms with van der Waals surface area (Å²) < 4.78 is 29.4. The first-order valence-electron chi connectivity index (χ1n) is 2.73. The average molecular weight is 196 g/mol. The predicted molar refractivity (Wildman–Crippen MR) is 43.8 cm³/mol. The Hall–Kier alpha value is -0.110. The Balaban J connectivity index is 3.04. The molecular formula is C4H8N2O3S2. The summed E-state index contributed by atoms with van der Waals surface area (Å²) in [5.74, 6) is 0. The topological polar surface area (TPSA) is 67.8 Å². The van der Waals surface area contributed by atoms with Crippen LogP contribution in [0.25, 0.3) is 0 Å². The molecule has 0 saturated carbocycles. The Morgan fingerprint density at radius 3 is 2.55 bits per heavy atom. The van der Waals surface area contributed by atoms with Crippen molar-refractivity contribution in [2.75, 3.05) is 13.4 Å². The minimum Gasteiger partial charge on any atom is -0.332 e. The number of methoxy groups -OCH3 is 1. The van der Waals surface area contributed by atoms with Crippen molar-refractivity contribution in [3.05, 3.63) is 0 Å². The quantitative estimate of drug-likeness (QED) is 0.607. The van der Waals surface area contributed by atoms with E-state index in [1.165, 1.54) is 12.7 Å². The number of nitrogens with one attached hydrogen (secondary N) is 1. The summed E-state index contributed by atoms with van der Waals surface area (Å²) in [6.45, 7) is 0. The number of nitrogens with zero attached hydrogens (tertiary/aromatic N) is 1. The summed E-state index contributed by atoms with van der Waals surface area (Å²) in [6, 6.07) is 0. The van der Waals surface area contributed by atoms with Gasteiger partial charge in [-0.1, -0.05) is 0 Å². The van der Waals surface area contributed by atoms with Crippen LogP contribution >= 0.6 is 11.9 Å². The fourth-order valence-corrected chi connectivity index (χ4v) is 2.54. The predicted octanol–water partition coefficient (Wildman–Crippen LogP) is -0.432. The van der Waals surface area contributed by atoms with Gasteiger partial charge in [-0.05, 0) is 11.9 Å². The summed E-state index contributed by atoms with van der Waals surface area (Å²) in [5, 5.41) is -1.57. The summed E-state index contributed by atoms with van der Waals surface area (Å²) in [6.07, 6.45) is 1.06. The van der Waals surface area contributed by atoms with Gasteiger partial charge in [0.05, 0.1) is 5.55 Å². The van der Waals surface area contributed by atoms with E-state index < -0.39 is 15.0 Å². The van der Waals surface area contributed by atoms with E-state index >= 15 is 0 Å². The van der Waals surface area contributed by atoms with Gasteiger partial charge in [-0.25, -0.2) is 13.4 Å². The maximum atomic E-state index is 11.1. The largest absolute Gasteiger partial charge is 0.332 e. The van der Waals surface area contributed by atoms with Crippen LogP contribution in [0.5, 0.6) is 0 Å². The molecule has 5 nitrogen and oxygen atoms in total. The summed E-state index contributed by atoms with van der Waals surface area (Å²) in [7, 11) is -2.08. The minimum atomic E-state index is -3.37. The maximum Gasteiger partial charge on any atom is 0.331 e. The Morgan fingerprint density at radius 2 is 2.36 bits per heavy atom. The second-order valence-corrected chi connectivity index (χ2v) is 4.76. The molecule has 0 aromatic carbocycles. The number of hydrogen-bond donors (Lipinski definition) is 1. The van der Waals surface area contributed by atoms with E-state index in [9.17, 15) is 8.42 Å². The van der Waals surface area contributed by atoms with Crippen LogP contribution in [0, 0.1) is 0 Å². The van der Waals surface area contributed by atoms with E-state index in [2.05, 4.69) is 9.71 Å². The van der Waals surface area contributed by atoms with Crippen LogP contribution in [0.1, 0.15) is 0 Å². The Kier molecular flexibility index (Phi) is 2.24. The lowest BCUT2D eigenvalue weighted by Gasteiger charge is -2.20. The van der Waals surface area contributed by atoms with Crippen molar-refractivity contribution in [3.8, 4) is 0 Å². The molecule has 1 atom stereocenters. The van der Waals surface area contributed by atoms with Gasteiger partial charge in [-0.15, -0.1) is 0 Å². The lowest BCUT2D eigenvalue weighted by Crippen LogP contribution is -2.45. The van der Waals surface area contributed by atoms with Crippen LogP contribution in [0.4, 0.5) is 0 Å². The molecule has 11 heavy (non-hydrogen) atoms. The highest BCUT2D eigenvalue weighted by Crippen LogP contribution is 2.23. The molecule has 0 aliphatic carbocycles. The molecule has 64 valence electrons. The highest BCUT2D eigenvalue weighted by molar-refractivity contribution is 8.11. The molecule has 0 aromatic heterocycles. The third-order valence-electron chi connectivity index (χ3n) is 1.24.